The van der Waals surface area contributed by atoms with Gasteiger partial charge in [-0.05, 0) is 48.0 Å². The lowest BCUT2D eigenvalue weighted by Gasteiger charge is -2.19. The second kappa shape index (κ2) is 7.98. The van der Waals surface area contributed by atoms with Gasteiger partial charge in [-0.15, -0.1) is 0 Å². The maximum absolute atomic E-state index is 5.50. The van der Waals surface area contributed by atoms with Gasteiger partial charge in [0.05, 0.1) is 36.8 Å². The maximum atomic E-state index is 5.50. The van der Waals surface area contributed by atoms with Crippen molar-refractivity contribution in [2.24, 2.45) is 5.10 Å². The fraction of sp³-hybridized carbons (Fsp3) is 0.107. The van der Waals surface area contributed by atoms with Crippen LogP contribution in [-0.4, -0.2) is 23.5 Å². The molecule has 0 aliphatic carbocycles. The first-order valence-corrected chi connectivity index (χ1v) is 10.9. The minimum atomic E-state index is 0.334. The normalized spacial score (nSPS) is 15.6. The van der Waals surface area contributed by atoms with Gasteiger partial charge in [0.15, 0.2) is 0 Å². The summed E-state index contributed by atoms with van der Waals surface area (Å²) >= 11 is 0. The third-order valence-electron chi connectivity index (χ3n) is 5.91. The average molecular weight is 418 g/mol. The summed E-state index contributed by atoms with van der Waals surface area (Å²) in [5.41, 5.74) is 5.61. The molecule has 0 spiro atoms. The SMILES string of the molecule is C(=NN(c1ccccc1)c1ccccc1)c1ccc2c(c1)c1ccccc1n2CC1CO1. The number of hydrogen-bond acceptors (Lipinski definition) is 3. The number of aromatic nitrogens is 1. The van der Waals surface area contributed by atoms with Crippen LogP contribution < -0.4 is 5.01 Å². The van der Waals surface area contributed by atoms with Crippen LogP contribution in [0.1, 0.15) is 5.56 Å². The molecular weight excluding hydrogens is 394 g/mol. The fourth-order valence-electron chi connectivity index (χ4n) is 4.27. The Morgan fingerprint density at radius 2 is 1.41 bits per heavy atom. The summed E-state index contributed by atoms with van der Waals surface area (Å²) in [4.78, 5) is 0. The number of ether oxygens (including phenoxy) is 1. The molecule has 4 nitrogen and oxygen atoms in total. The summed E-state index contributed by atoms with van der Waals surface area (Å²) in [6, 6.07) is 35.6. The van der Waals surface area contributed by atoms with Crippen molar-refractivity contribution in [3.05, 3.63) is 109 Å². The molecule has 32 heavy (non-hydrogen) atoms. The van der Waals surface area contributed by atoms with E-state index < -0.39 is 0 Å². The fourth-order valence-corrected chi connectivity index (χ4v) is 4.27. The third-order valence-corrected chi connectivity index (χ3v) is 5.91. The molecule has 6 rings (SSSR count). The molecule has 5 aromatic rings. The first kappa shape index (κ1) is 18.8. The standard InChI is InChI=1S/C28H23N3O/c1-3-9-22(10-4-1)31(23-11-5-2-6-12-23)29-18-21-15-16-28-26(17-21)25-13-7-8-14-27(25)30(28)19-24-20-32-24/h1-18,24H,19-20H2. The number of hydrazone groups is 1. The number of benzene rings is 4. The van der Waals surface area contributed by atoms with Crippen LogP contribution >= 0.6 is 0 Å². The Balaban J connectivity index is 1.41. The van der Waals surface area contributed by atoms with Gasteiger partial charge in [-0.2, -0.15) is 5.10 Å². The topological polar surface area (TPSA) is 33.1 Å². The first-order valence-electron chi connectivity index (χ1n) is 10.9. The predicted molar refractivity (Wildman–Crippen MR) is 132 cm³/mol. The molecule has 0 radical (unpaired) electrons. The number of para-hydroxylation sites is 3. The minimum absolute atomic E-state index is 0.334. The van der Waals surface area contributed by atoms with E-state index in [9.17, 15) is 0 Å². The van der Waals surface area contributed by atoms with Gasteiger partial charge in [-0.1, -0.05) is 60.7 Å². The van der Waals surface area contributed by atoms with Crippen molar-refractivity contribution in [1.29, 1.82) is 0 Å². The van der Waals surface area contributed by atoms with E-state index in [-0.39, 0.29) is 0 Å². The van der Waals surface area contributed by atoms with Crippen molar-refractivity contribution < 1.29 is 4.74 Å². The zero-order valence-electron chi connectivity index (χ0n) is 17.6. The number of anilines is 2. The van der Waals surface area contributed by atoms with Crippen LogP contribution in [0.15, 0.2) is 108 Å². The zero-order valence-corrected chi connectivity index (χ0v) is 17.6. The Morgan fingerprint density at radius 3 is 2.09 bits per heavy atom. The van der Waals surface area contributed by atoms with Crippen molar-refractivity contribution in [2.75, 3.05) is 11.6 Å². The lowest BCUT2D eigenvalue weighted by Crippen LogP contribution is -2.09. The Kier molecular flexibility index (Phi) is 4.70. The van der Waals surface area contributed by atoms with E-state index in [2.05, 4.69) is 71.3 Å². The van der Waals surface area contributed by atoms with Gasteiger partial charge in [-0.3, -0.25) is 0 Å². The van der Waals surface area contributed by atoms with E-state index in [0.717, 1.165) is 30.1 Å². The molecule has 4 heteroatoms. The van der Waals surface area contributed by atoms with Gasteiger partial charge in [0.25, 0.3) is 0 Å². The molecule has 1 aliphatic rings. The number of nitrogens with zero attached hydrogens (tertiary/aromatic N) is 3. The molecule has 1 aliphatic heterocycles. The summed E-state index contributed by atoms with van der Waals surface area (Å²) in [6.45, 7) is 1.75. The molecule has 4 aromatic carbocycles. The van der Waals surface area contributed by atoms with E-state index >= 15 is 0 Å². The van der Waals surface area contributed by atoms with Crippen LogP contribution in [0.4, 0.5) is 11.4 Å². The Labute approximate surface area is 187 Å². The lowest BCUT2D eigenvalue weighted by molar-refractivity contribution is 0.387. The molecule has 0 saturated carbocycles. The molecule has 2 heterocycles. The van der Waals surface area contributed by atoms with E-state index in [4.69, 9.17) is 9.84 Å². The molecule has 1 aromatic heterocycles. The number of rotatable bonds is 6. The van der Waals surface area contributed by atoms with E-state index in [1.807, 2.05) is 47.6 Å². The van der Waals surface area contributed by atoms with E-state index in [1.54, 1.807) is 0 Å². The van der Waals surface area contributed by atoms with Crippen LogP contribution in [0.25, 0.3) is 21.8 Å². The van der Waals surface area contributed by atoms with Crippen LogP contribution in [0.2, 0.25) is 0 Å². The van der Waals surface area contributed by atoms with Gasteiger partial charge in [0.1, 0.15) is 0 Å². The second-order valence-electron chi connectivity index (χ2n) is 8.09. The van der Waals surface area contributed by atoms with E-state index in [0.29, 0.717) is 6.10 Å². The highest BCUT2D eigenvalue weighted by Crippen LogP contribution is 2.31. The predicted octanol–water partition coefficient (Wildman–Crippen LogP) is 6.37. The maximum Gasteiger partial charge on any atom is 0.0988 e. The largest absolute Gasteiger partial charge is 0.371 e. The van der Waals surface area contributed by atoms with Gasteiger partial charge >= 0.3 is 0 Å². The molecule has 1 unspecified atom stereocenters. The first-order chi connectivity index (χ1) is 15.9. The van der Waals surface area contributed by atoms with Crippen molar-refractivity contribution in [2.45, 2.75) is 12.6 Å². The van der Waals surface area contributed by atoms with Crippen LogP contribution in [0.5, 0.6) is 0 Å². The number of hydrogen-bond donors (Lipinski definition) is 0. The smallest absolute Gasteiger partial charge is 0.0988 e. The van der Waals surface area contributed by atoms with Crippen molar-refractivity contribution in [3.8, 4) is 0 Å². The molecule has 1 saturated heterocycles. The van der Waals surface area contributed by atoms with Gasteiger partial charge in [-0.25, -0.2) is 5.01 Å². The number of fused-ring (bicyclic) bond motifs is 3. The number of epoxide rings is 1. The molecule has 156 valence electrons. The summed E-state index contributed by atoms with van der Waals surface area (Å²) < 4.78 is 7.88. The molecule has 0 N–H and O–H groups in total. The van der Waals surface area contributed by atoms with Gasteiger partial charge in [0.2, 0.25) is 0 Å². The van der Waals surface area contributed by atoms with Crippen LogP contribution in [0.3, 0.4) is 0 Å². The summed E-state index contributed by atoms with van der Waals surface area (Å²) in [7, 11) is 0. The lowest BCUT2D eigenvalue weighted by atomic mass is 10.1. The summed E-state index contributed by atoms with van der Waals surface area (Å²) in [5.74, 6) is 0. The van der Waals surface area contributed by atoms with Crippen molar-refractivity contribution >= 4 is 39.4 Å². The Morgan fingerprint density at radius 1 is 0.781 bits per heavy atom. The highest BCUT2D eigenvalue weighted by atomic mass is 16.6. The molecule has 1 atom stereocenters. The monoisotopic (exact) mass is 417 g/mol. The zero-order chi connectivity index (χ0) is 21.3. The average Bonchev–Trinajstić information content (AvgIpc) is 3.63. The van der Waals surface area contributed by atoms with Crippen molar-refractivity contribution in [1.82, 2.24) is 4.57 Å². The minimum Gasteiger partial charge on any atom is -0.371 e. The third kappa shape index (κ3) is 3.55. The molecule has 0 bridgehead atoms. The summed E-state index contributed by atoms with van der Waals surface area (Å²) in [6.07, 6.45) is 2.27. The second-order valence-corrected chi connectivity index (χ2v) is 8.09. The Bertz CT molecular complexity index is 1360. The molecular formula is C28H23N3O. The quantitative estimate of drug-likeness (QED) is 0.183. The van der Waals surface area contributed by atoms with Gasteiger partial charge < -0.3 is 9.30 Å². The van der Waals surface area contributed by atoms with Crippen LogP contribution in [-0.2, 0) is 11.3 Å². The van der Waals surface area contributed by atoms with Crippen molar-refractivity contribution in [3.63, 3.8) is 0 Å². The van der Waals surface area contributed by atoms with Crippen LogP contribution in [0, 0.1) is 0 Å². The molecule has 0 amide bonds. The Hall–Kier alpha value is -3.89. The highest BCUT2D eigenvalue weighted by molar-refractivity contribution is 6.09. The van der Waals surface area contributed by atoms with Gasteiger partial charge in [0, 0.05) is 21.8 Å². The highest BCUT2D eigenvalue weighted by Gasteiger charge is 2.24. The molecule has 1 fully saturated rings. The van der Waals surface area contributed by atoms with E-state index in [1.165, 1.54) is 21.8 Å². The summed E-state index contributed by atoms with van der Waals surface area (Å²) in [5, 5.41) is 9.35.